The summed E-state index contributed by atoms with van der Waals surface area (Å²) in [5, 5.41) is 6.41. The number of benzene rings is 2. The number of nitrogens with zero attached hydrogens (tertiary/aromatic N) is 3. The number of nitrogen functional groups attached to an aromatic ring is 1. The molecule has 230 valence electrons. The standard InChI is InChI=1S/C30H38N6O6S/c1-36-12-13-40-14-15-41-16-17-42-28-23(19-32-18-21-4-2-5-21)6-3-7-25(28)35-30(37)27-29(31)33-20-26(34-27)22-8-10-24(11-9-22)43(36,38)39/h3,6-11,20-21,32H,2,4-5,12-19H2,1H3,(H2,31,33)(H,35,37). The molecule has 1 aliphatic carbocycles. The molecule has 12 nitrogen and oxygen atoms in total. The summed E-state index contributed by atoms with van der Waals surface area (Å²) in [7, 11) is -2.22. The lowest BCUT2D eigenvalue weighted by Crippen LogP contribution is -2.30. The van der Waals surface area contributed by atoms with Crippen molar-refractivity contribution in [3.05, 3.63) is 59.9 Å². The summed E-state index contributed by atoms with van der Waals surface area (Å²) in [5.41, 5.74) is 8.35. The number of sulfonamides is 1. The van der Waals surface area contributed by atoms with Gasteiger partial charge in [-0.2, -0.15) is 4.31 Å². The van der Waals surface area contributed by atoms with Crippen LogP contribution in [0.25, 0.3) is 11.3 Å². The highest BCUT2D eigenvalue weighted by Crippen LogP contribution is 2.31. The number of nitrogens with one attached hydrogen (secondary N) is 2. The van der Waals surface area contributed by atoms with Crippen molar-refractivity contribution in [3.63, 3.8) is 0 Å². The predicted molar refractivity (Wildman–Crippen MR) is 162 cm³/mol. The lowest BCUT2D eigenvalue weighted by molar-refractivity contribution is 0.0346. The minimum absolute atomic E-state index is 0.0343. The van der Waals surface area contributed by atoms with Crippen LogP contribution in [-0.4, -0.2) is 81.8 Å². The predicted octanol–water partition coefficient (Wildman–Crippen LogP) is 2.91. The molecule has 13 heteroatoms. The number of hydrogen-bond acceptors (Lipinski definition) is 10. The molecule has 2 aromatic carbocycles. The first-order valence-corrected chi connectivity index (χ1v) is 15.9. The number of amides is 1. The average molecular weight is 611 g/mol. The summed E-state index contributed by atoms with van der Waals surface area (Å²) in [6, 6.07) is 11.8. The molecule has 0 unspecified atom stereocenters. The summed E-state index contributed by atoms with van der Waals surface area (Å²) in [4.78, 5) is 22.2. The van der Waals surface area contributed by atoms with Gasteiger partial charge in [0.25, 0.3) is 5.91 Å². The molecule has 0 atom stereocenters. The topological polar surface area (TPSA) is 158 Å². The van der Waals surface area contributed by atoms with Gasteiger partial charge in [-0.05, 0) is 43.5 Å². The Morgan fingerprint density at radius 3 is 2.53 bits per heavy atom. The fourth-order valence-corrected chi connectivity index (χ4v) is 5.96. The number of carbonyl (C=O) groups is 1. The molecule has 0 saturated heterocycles. The molecule has 1 amide bonds. The van der Waals surface area contributed by atoms with Gasteiger partial charge in [0.05, 0.1) is 48.9 Å². The molecular weight excluding hydrogens is 572 g/mol. The Hall–Kier alpha value is -3.62. The van der Waals surface area contributed by atoms with Crippen LogP contribution in [-0.2, 0) is 26.0 Å². The first-order valence-electron chi connectivity index (χ1n) is 14.4. The van der Waals surface area contributed by atoms with Gasteiger partial charge in [-0.1, -0.05) is 30.7 Å². The van der Waals surface area contributed by atoms with E-state index >= 15 is 0 Å². The molecule has 6 rings (SSSR count). The number of aromatic nitrogens is 2. The number of nitrogens with two attached hydrogens (primary N) is 1. The minimum Gasteiger partial charge on any atom is -0.489 e. The Morgan fingerprint density at radius 2 is 1.79 bits per heavy atom. The Balaban J connectivity index is 1.42. The third-order valence-electron chi connectivity index (χ3n) is 7.59. The largest absolute Gasteiger partial charge is 0.489 e. The van der Waals surface area contributed by atoms with E-state index in [1.54, 1.807) is 18.2 Å². The number of para-hydroxylation sites is 1. The van der Waals surface area contributed by atoms with Crippen LogP contribution in [0.2, 0.25) is 0 Å². The zero-order valence-electron chi connectivity index (χ0n) is 24.3. The quantitative estimate of drug-likeness (QED) is 0.375. The third kappa shape index (κ3) is 7.67. The Labute approximate surface area is 252 Å². The number of carbonyl (C=O) groups excluding carboxylic acids is 1. The third-order valence-corrected chi connectivity index (χ3v) is 9.46. The first-order chi connectivity index (χ1) is 20.8. The van der Waals surface area contributed by atoms with E-state index in [1.165, 1.54) is 48.9 Å². The zero-order valence-corrected chi connectivity index (χ0v) is 25.1. The van der Waals surface area contributed by atoms with E-state index in [2.05, 4.69) is 20.6 Å². The fourth-order valence-electron chi connectivity index (χ4n) is 4.80. The summed E-state index contributed by atoms with van der Waals surface area (Å²) in [5.74, 6) is 0.661. The molecule has 3 aromatic rings. The Bertz CT molecular complexity index is 1510. The number of likely N-dealkylation sites (N-methyl/N-ethyl adjacent to an activating group) is 1. The SMILES string of the molecule is CN1CCOCCOCCOc2c(CNCC3CCC3)cccc2NC(=O)c2nc(cnc2N)-c2ccc(cc2)S1(=O)=O. The highest BCUT2D eigenvalue weighted by atomic mass is 32.2. The van der Waals surface area contributed by atoms with Crippen LogP contribution in [0.4, 0.5) is 11.5 Å². The zero-order chi connectivity index (χ0) is 30.2. The van der Waals surface area contributed by atoms with Crippen molar-refractivity contribution in [2.75, 3.05) is 64.2 Å². The van der Waals surface area contributed by atoms with E-state index < -0.39 is 15.9 Å². The highest BCUT2D eigenvalue weighted by Gasteiger charge is 2.22. The van der Waals surface area contributed by atoms with E-state index in [0.29, 0.717) is 55.0 Å². The highest BCUT2D eigenvalue weighted by molar-refractivity contribution is 7.89. The van der Waals surface area contributed by atoms with Crippen molar-refractivity contribution >= 4 is 27.4 Å². The maximum atomic E-state index is 13.5. The molecule has 4 N–H and O–H groups in total. The van der Waals surface area contributed by atoms with Gasteiger partial charge in [0.15, 0.2) is 11.5 Å². The van der Waals surface area contributed by atoms with Gasteiger partial charge in [0, 0.05) is 31.3 Å². The molecule has 1 saturated carbocycles. The van der Waals surface area contributed by atoms with Crippen LogP contribution in [0.15, 0.2) is 53.6 Å². The van der Waals surface area contributed by atoms with Crippen LogP contribution in [0.3, 0.4) is 0 Å². The van der Waals surface area contributed by atoms with Crippen molar-refractivity contribution < 1.29 is 27.4 Å². The molecule has 3 aliphatic rings. The van der Waals surface area contributed by atoms with Crippen molar-refractivity contribution in [2.24, 2.45) is 5.92 Å². The molecule has 3 heterocycles. The Morgan fingerprint density at radius 1 is 1.05 bits per heavy atom. The second-order valence-corrected chi connectivity index (χ2v) is 12.6. The summed E-state index contributed by atoms with van der Waals surface area (Å²) in [6.45, 7) is 3.10. The molecule has 0 spiro atoms. The minimum atomic E-state index is -3.73. The number of ether oxygens (including phenoxy) is 3. The van der Waals surface area contributed by atoms with Crippen LogP contribution in [0.1, 0.15) is 35.3 Å². The van der Waals surface area contributed by atoms with Crippen LogP contribution < -0.4 is 21.1 Å². The molecule has 43 heavy (non-hydrogen) atoms. The molecule has 1 aromatic heterocycles. The van der Waals surface area contributed by atoms with Gasteiger partial charge >= 0.3 is 0 Å². The van der Waals surface area contributed by atoms with Gasteiger partial charge in [-0.15, -0.1) is 0 Å². The second kappa shape index (κ2) is 14.2. The molecule has 0 radical (unpaired) electrons. The fraction of sp³-hybridized carbons (Fsp3) is 0.433. The van der Waals surface area contributed by atoms with Gasteiger partial charge in [0.2, 0.25) is 10.0 Å². The van der Waals surface area contributed by atoms with Gasteiger partial charge in [0.1, 0.15) is 12.4 Å². The lowest BCUT2D eigenvalue weighted by atomic mass is 9.85. The van der Waals surface area contributed by atoms with E-state index in [-0.39, 0.29) is 36.2 Å². The molecular formula is C30H38N6O6S. The number of rotatable bonds is 4. The van der Waals surface area contributed by atoms with Gasteiger partial charge < -0.3 is 30.6 Å². The Kier molecular flexibility index (Phi) is 10.2. The van der Waals surface area contributed by atoms with E-state index in [9.17, 15) is 13.2 Å². The summed E-state index contributed by atoms with van der Waals surface area (Å²) < 4.78 is 44.7. The number of anilines is 2. The average Bonchev–Trinajstić information content (AvgIpc) is 2.98. The second-order valence-electron chi connectivity index (χ2n) is 10.6. The molecule has 2 aliphatic heterocycles. The number of hydrogen-bond donors (Lipinski definition) is 3. The molecule has 4 bridgehead atoms. The summed E-state index contributed by atoms with van der Waals surface area (Å²) in [6.07, 6.45) is 5.22. The lowest BCUT2D eigenvalue weighted by Gasteiger charge is -2.25. The van der Waals surface area contributed by atoms with Crippen LogP contribution in [0.5, 0.6) is 5.75 Å². The first kappa shape index (κ1) is 30.8. The van der Waals surface area contributed by atoms with Crippen molar-refractivity contribution in [1.29, 1.82) is 0 Å². The van der Waals surface area contributed by atoms with Crippen LogP contribution in [0, 0.1) is 5.92 Å². The van der Waals surface area contributed by atoms with Gasteiger partial charge in [-0.3, -0.25) is 4.79 Å². The van der Waals surface area contributed by atoms with Crippen molar-refractivity contribution in [1.82, 2.24) is 19.6 Å². The molecule has 1 fully saturated rings. The number of fused-ring (bicyclic) bond motifs is 13. The van der Waals surface area contributed by atoms with E-state index in [1.807, 2.05) is 12.1 Å². The monoisotopic (exact) mass is 610 g/mol. The smallest absolute Gasteiger partial charge is 0.278 e. The van der Waals surface area contributed by atoms with E-state index in [0.717, 1.165) is 12.1 Å². The maximum absolute atomic E-state index is 13.5. The maximum Gasteiger partial charge on any atom is 0.278 e. The summed E-state index contributed by atoms with van der Waals surface area (Å²) >= 11 is 0. The van der Waals surface area contributed by atoms with Crippen molar-refractivity contribution in [3.8, 4) is 17.0 Å². The van der Waals surface area contributed by atoms with Crippen LogP contribution >= 0.6 is 0 Å². The van der Waals surface area contributed by atoms with Gasteiger partial charge in [-0.25, -0.2) is 18.4 Å². The van der Waals surface area contributed by atoms with Crippen molar-refractivity contribution in [2.45, 2.75) is 30.7 Å². The normalized spacial score (nSPS) is 18.8. The van der Waals surface area contributed by atoms with E-state index in [4.69, 9.17) is 19.9 Å².